The van der Waals surface area contributed by atoms with Gasteiger partial charge in [0.2, 0.25) is 0 Å². The molecule has 2 amide bonds. The number of anilines is 1. The number of nitrogens with one attached hydrogen (secondary N) is 3. The zero-order valence-corrected chi connectivity index (χ0v) is 16.3. The number of hydrogen-bond acceptors (Lipinski definition) is 4. The Morgan fingerprint density at radius 1 is 1.10 bits per heavy atom. The van der Waals surface area contributed by atoms with Crippen molar-refractivity contribution in [2.75, 3.05) is 25.0 Å². The first-order valence-electron chi connectivity index (χ1n) is 9.67. The molecule has 8 nitrogen and oxygen atoms in total. The van der Waals surface area contributed by atoms with E-state index in [1.807, 2.05) is 31.2 Å². The predicted molar refractivity (Wildman–Crippen MR) is 109 cm³/mol. The van der Waals surface area contributed by atoms with Crippen LogP contribution in [0.5, 0.6) is 0 Å². The third-order valence-corrected chi connectivity index (χ3v) is 5.13. The fraction of sp³-hybridized carbons (Fsp3) is 0.333. The molecule has 0 aliphatic carbocycles. The summed E-state index contributed by atoms with van der Waals surface area (Å²) in [6, 6.07) is 13.7. The fourth-order valence-corrected chi connectivity index (χ4v) is 3.48. The highest BCUT2D eigenvalue weighted by atomic mass is 16.6. The molecule has 29 heavy (non-hydrogen) atoms. The van der Waals surface area contributed by atoms with Gasteiger partial charge in [-0.3, -0.25) is 19.7 Å². The molecule has 1 aliphatic heterocycles. The van der Waals surface area contributed by atoms with Gasteiger partial charge in [0.1, 0.15) is 5.69 Å². The van der Waals surface area contributed by atoms with Gasteiger partial charge in [0, 0.05) is 30.5 Å². The number of aryl methyl sites for hydroxylation is 1. The average molecular weight is 397 g/mol. The van der Waals surface area contributed by atoms with Crippen LogP contribution >= 0.6 is 0 Å². The molecule has 0 bridgehead atoms. The van der Waals surface area contributed by atoms with E-state index < -0.39 is 4.92 Å². The number of quaternary nitrogens is 1. The van der Waals surface area contributed by atoms with Crippen LogP contribution in [0, 0.1) is 17.0 Å². The highest BCUT2D eigenvalue weighted by molar-refractivity contribution is 5.94. The number of carbonyl (C=O) groups is 2. The second-order valence-electron chi connectivity index (χ2n) is 7.36. The van der Waals surface area contributed by atoms with E-state index in [0.717, 1.165) is 36.4 Å². The number of likely N-dealkylation sites (tertiary alicyclic amines) is 1. The Morgan fingerprint density at radius 2 is 1.76 bits per heavy atom. The summed E-state index contributed by atoms with van der Waals surface area (Å²) in [5, 5.41) is 16.7. The fourth-order valence-electron chi connectivity index (χ4n) is 3.48. The van der Waals surface area contributed by atoms with Crippen molar-refractivity contribution >= 4 is 23.2 Å². The van der Waals surface area contributed by atoms with Crippen molar-refractivity contribution < 1.29 is 19.4 Å². The zero-order valence-electron chi connectivity index (χ0n) is 16.3. The molecule has 2 aromatic carbocycles. The summed E-state index contributed by atoms with van der Waals surface area (Å²) in [7, 11) is 0. The Labute approximate surface area is 169 Å². The first-order valence-corrected chi connectivity index (χ1v) is 9.67. The third kappa shape index (κ3) is 5.61. The van der Waals surface area contributed by atoms with Crippen LogP contribution in [0.1, 0.15) is 28.8 Å². The summed E-state index contributed by atoms with van der Waals surface area (Å²) in [5.74, 6) is -0.330. The standard InChI is InChI=1S/C21H24N4O4/c1-15-6-8-16(9-7-15)21(27)22-17-10-12-24(13-11-17)14-20(26)23-18-4-2-3-5-19(18)25(28)29/h2-9,17H,10-14H2,1H3,(H,22,27)(H,23,26)/p+1. The number of amides is 2. The van der Waals surface area contributed by atoms with Crippen molar-refractivity contribution in [1.82, 2.24) is 5.32 Å². The lowest BCUT2D eigenvalue weighted by Gasteiger charge is -2.29. The lowest BCUT2D eigenvalue weighted by atomic mass is 10.0. The number of hydrogen-bond donors (Lipinski definition) is 3. The van der Waals surface area contributed by atoms with E-state index >= 15 is 0 Å². The normalized spacial score (nSPS) is 18.7. The Balaban J connectivity index is 1.46. The Bertz CT molecular complexity index is 890. The summed E-state index contributed by atoms with van der Waals surface area (Å²) >= 11 is 0. The lowest BCUT2D eigenvalue weighted by molar-refractivity contribution is -0.897. The minimum atomic E-state index is -0.509. The number of piperidine rings is 1. The van der Waals surface area contributed by atoms with E-state index in [2.05, 4.69) is 10.6 Å². The van der Waals surface area contributed by atoms with Crippen LogP contribution < -0.4 is 15.5 Å². The number of rotatable bonds is 6. The smallest absolute Gasteiger partial charge is 0.292 e. The maximum atomic E-state index is 12.3. The largest absolute Gasteiger partial charge is 0.349 e. The van der Waals surface area contributed by atoms with Crippen LogP contribution in [0.3, 0.4) is 0 Å². The molecule has 152 valence electrons. The van der Waals surface area contributed by atoms with Gasteiger partial charge in [-0.2, -0.15) is 0 Å². The quantitative estimate of drug-likeness (QED) is 0.505. The van der Waals surface area contributed by atoms with Crippen molar-refractivity contribution in [1.29, 1.82) is 0 Å². The SMILES string of the molecule is Cc1ccc(C(=O)NC2CC[NH+](CC(=O)Nc3ccccc3[N+](=O)[O-])CC2)cc1. The van der Waals surface area contributed by atoms with E-state index in [4.69, 9.17) is 0 Å². The van der Waals surface area contributed by atoms with Crippen molar-refractivity contribution in [3.63, 3.8) is 0 Å². The van der Waals surface area contributed by atoms with Gasteiger partial charge in [-0.05, 0) is 25.1 Å². The maximum Gasteiger partial charge on any atom is 0.292 e. The predicted octanol–water partition coefficient (Wildman–Crippen LogP) is 1.32. The number of benzene rings is 2. The molecule has 0 atom stereocenters. The summed E-state index contributed by atoms with van der Waals surface area (Å²) < 4.78 is 0. The molecule has 2 aromatic rings. The molecule has 0 saturated carbocycles. The van der Waals surface area contributed by atoms with Gasteiger partial charge >= 0.3 is 0 Å². The number of nitrogens with zero attached hydrogens (tertiary/aromatic N) is 1. The second kappa shape index (κ2) is 9.29. The number of para-hydroxylation sites is 2. The average Bonchev–Trinajstić information content (AvgIpc) is 2.70. The van der Waals surface area contributed by atoms with Crippen molar-refractivity contribution in [3.8, 4) is 0 Å². The molecule has 1 aliphatic rings. The highest BCUT2D eigenvalue weighted by Crippen LogP contribution is 2.22. The Kier molecular flexibility index (Phi) is 6.56. The summed E-state index contributed by atoms with van der Waals surface area (Å²) in [4.78, 5) is 36.3. The van der Waals surface area contributed by atoms with Crippen LogP contribution in [0.25, 0.3) is 0 Å². The summed E-state index contributed by atoms with van der Waals surface area (Å²) in [5.41, 5.74) is 1.85. The van der Waals surface area contributed by atoms with E-state index in [0.29, 0.717) is 5.56 Å². The highest BCUT2D eigenvalue weighted by Gasteiger charge is 2.26. The lowest BCUT2D eigenvalue weighted by Crippen LogP contribution is -3.14. The van der Waals surface area contributed by atoms with Crippen LogP contribution in [-0.4, -0.2) is 42.4 Å². The van der Waals surface area contributed by atoms with E-state index in [9.17, 15) is 19.7 Å². The van der Waals surface area contributed by atoms with Crippen LogP contribution in [-0.2, 0) is 4.79 Å². The zero-order chi connectivity index (χ0) is 20.8. The first-order chi connectivity index (χ1) is 13.9. The Morgan fingerprint density at radius 3 is 2.41 bits per heavy atom. The third-order valence-electron chi connectivity index (χ3n) is 5.13. The number of nitro groups is 1. The summed E-state index contributed by atoms with van der Waals surface area (Å²) in [6.45, 7) is 3.73. The van der Waals surface area contributed by atoms with E-state index in [1.54, 1.807) is 12.1 Å². The summed E-state index contributed by atoms with van der Waals surface area (Å²) in [6.07, 6.45) is 1.57. The van der Waals surface area contributed by atoms with Gasteiger partial charge in [-0.15, -0.1) is 0 Å². The molecule has 0 radical (unpaired) electrons. The topological polar surface area (TPSA) is 106 Å². The maximum absolute atomic E-state index is 12.3. The van der Waals surface area contributed by atoms with Crippen LogP contribution in [0.2, 0.25) is 0 Å². The molecule has 3 rings (SSSR count). The molecule has 1 saturated heterocycles. The van der Waals surface area contributed by atoms with Gasteiger partial charge < -0.3 is 15.5 Å². The van der Waals surface area contributed by atoms with Gasteiger partial charge in [-0.1, -0.05) is 29.8 Å². The minimum absolute atomic E-state index is 0.0763. The molecule has 0 unspecified atom stereocenters. The van der Waals surface area contributed by atoms with Gasteiger partial charge in [0.05, 0.1) is 18.0 Å². The molecule has 8 heteroatoms. The molecule has 3 N–H and O–H groups in total. The molecular formula is C21H25N4O4+. The van der Waals surface area contributed by atoms with Crippen LogP contribution in [0.4, 0.5) is 11.4 Å². The van der Waals surface area contributed by atoms with E-state index in [-0.39, 0.29) is 35.8 Å². The van der Waals surface area contributed by atoms with Gasteiger partial charge in [0.25, 0.3) is 17.5 Å². The number of nitro benzene ring substituents is 1. The number of carbonyl (C=O) groups excluding carboxylic acids is 2. The molecular weight excluding hydrogens is 372 g/mol. The Hall–Kier alpha value is -3.26. The molecule has 0 aromatic heterocycles. The minimum Gasteiger partial charge on any atom is -0.349 e. The van der Waals surface area contributed by atoms with Crippen LogP contribution in [0.15, 0.2) is 48.5 Å². The molecule has 1 heterocycles. The van der Waals surface area contributed by atoms with Gasteiger partial charge in [-0.25, -0.2) is 0 Å². The second-order valence-corrected chi connectivity index (χ2v) is 7.36. The monoisotopic (exact) mass is 397 g/mol. The van der Waals surface area contributed by atoms with Crippen molar-refractivity contribution in [2.24, 2.45) is 0 Å². The first kappa shape index (κ1) is 20.5. The van der Waals surface area contributed by atoms with E-state index in [1.165, 1.54) is 12.1 Å². The van der Waals surface area contributed by atoms with Gasteiger partial charge in [0.15, 0.2) is 6.54 Å². The van der Waals surface area contributed by atoms with Crippen molar-refractivity contribution in [3.05, 3.63) is 69.8 Å². The van der Waals surface area contributed by atoms with Crippen molar-refractivity contribution in [2.45, 2.75) is 25.8 Å². The molecule has 0 spiro atoms. The molecule has 1 fully saturated rings.